The Kier molecular flexibility index (Phi) is 4.65. The summed E-state index contributed by atoms with van der Waals surface area (Å²) in [7, 11) is 0. The van der Waals surface area contributed by atoms with Crippen LogP contribution in [0.1, 0.15) is 16.2 Å². The van der Waals surface area contributed by atoms with Gasteiger partial charge in [-0.3, -0.25) is 10.1 Å². The molecule has 0 amide bonds. The van der Waals surface area contributed by atoms with Crippen molar-refractivity contribution in [2.75, 3.05) is 0 Å². The minimum absolute atomic E-state index is 0.0331. The molecule has 3 aromatic rings. The Morgan fingerprint density at radius 3 is 2.54 bits per heavy atom. The van der Waals surface area contributed by atoms with E-state index in [9.17, 15) is 23.7 Å². The first-order chi connectivity index (χ1) is 12.4. The average molecular weight is 361 g/mol. The third-order valence-corrected chi connectivity index (χ3v) is 3.29. The van der Waals surface area contributed by atoms with Crippen molar-refractivity contribution in [1.29, 1.82) is 0 Å². The van der Waals surface area contributed by atoms with Gasteiger partial charge >= 0.3 is 5.97 Å². The maximum Gasteiger partial charge on any atom is 0.338 e. The van der Waals surface area contributed by atoms with E-state index in [0.29, 0.717) is 11.6 Å². The van der Waals surface area contributed by atoms with Gasteiger partial charge in [-0.15, -0.1) is 0 Å². The molecule has 3 rings (SSSR count). The first-order valence-electron chi connectivity index (χ1n) is 7.13. The predicted molar refractivity (Wildman–Crippen MR) is 81.9 cm³/mol. The van der Waals surface area contributed by atoms with E-state index < -0.39 is 22.5 Å². The Morgan fingerprint density at radius 1 is 1.15 bits per heavy atom. The van der Waals surface area contributed by atoms with Gasteiger partial charge in [0.05, 0.1) is 10.5 Å². The molecular formula is C16H9F2N3O5. The Bertz CT molecular complexity index is 972. The number of nitro groups is 1. The molecule has 0 bridgehead atoms. The Balaban J connectivity index is 1.65. The van der Waals surface area contributed by atoms with Crippen molar-refractivity contribution in [3.05, 3.63) is 75.7 Å². The van der Waals surface area contributed by atoms with Crippen molar-refractivity contribution >= 4 is 11.7 Å². The van der Waals surface area contributed by atoms with E-state index in [0.717, 1.165) is 12.1 Å². The van der Waals surface area contributed by atoms with Gasteiger partial charge in [0, 0.05) is 17.7 Å². The molecule has 1 heterocycles. The molecule has 2 aromatic carbocycles. The molecule has 0 fully saturated rings. The average Bonchev–Trinajstić information content (AvgIpc) is 3.11. The molecule has 0 N–H and O–H groups in total. The van der Waals surface area contributed by atoms with E-state index in [2.05, 4.69) is 10.1 Å². The lowest BCUT2D eigenvalue weighted by molar-refractivity contribution is -0.384. The third-order valence-electron chi connectivity index (χ3n) is 3.29. The van der Waals surface area contributed by atoms with Gasteiger partial charge in [-0.25, -0.2) is 13.6 Å². The highest BCUT2D eigenvalue weighted by Gasteiger charge is 2.15. The molecule has 8 nitrogen and oxygen atoms in total. The fourth-order valence-electron chi connectivity index (χ4n) is 2.00. The van der Waals surface area contributed by atoms with Gasteiger partial charge in [-0.05, 0) is 30.3 Å². The second-order valence-corrected chi connectivity index (χ2v) is 5.02. The minimum atomic E-state index is -1.17. The molecule has 0 aliphatic rings. The maximum atomic E-state index is 13.1. The zero-order valence-electron chi connectivity index (χ0n) is 12.9. The Morgan fingerprint density at radius 2 is 1.88 bits per heavy atom. The van der Waals surface area contributed by atoms with E-state index in [-0.39, 0.29) is 29.6 Å². The minimum Gasteiger partial charge on any atom is -0.452 e. The van der Waals surface area contributed by atoms with Crippen LogP contribution < -0.4 is 0 Å². The lowest BCUT2D eigenvalue weighted by Gasteiger charge is -2.02. The number of nitrogens with zero attached hydrogens (tertiary/aromatic N) is 3. The molecular weight excluding hydrogens is 352 g/mol. The fraction of sp³-hybridized carbons (Fsp3) is 0.0625. The van der Waals surface area contributed by atoms with E-state index in [1.54, 1.807) is 0 Å². The maximum absolute atomic E-state index is 13.1. The van der Waals surface area contributed by atoms with Crippen LogP contribution >= 0.6 is 0 Å². The third kappa shape index (κ3) is 3.69. The predicted octanol–water partition coefficient (Wildman–Crippen LogP) is 3.28. The number of carbonyl (C=O) groups excluding carboxylic acids is 1. The van der Waals surface area contributed by atoms with Crippen molar-refractivity contribution < 1.29 is 27.8 Å². The molecule has 0 atom stereocenters. The van der Waals surface area contributed by atoms with E-state index in [4.69, 9.17) is 9.26 Å². The lowest BCUT2D eigenvalue weighted by Crippen LogP contribution is -2.06. The van der Waals surface area contributed by atoms with Crippen molar-refractivity contribution in [3.63, 3.8) is 0 Å². The molecule has 1 aromatic heterocycles. The molecule has 0 aliphatic heterocycles. The van der Waals surface area contributed by atoms with E-state index >= 15 is 0 Å². The quantitative estimate of drug-likeness (QED) is 0.390. The molecule has 0 spiro atoms. The summed E-state index contributed by atoms with van der Waals surface area (Å²) < 4.78 is 35.8. The summed E-state index contributed by atoms with van der Waals surface area (Å²) in [6.07, 6.45) is 0. The lowest BCUT2D eigenvalue weighted by atomic mass is 10.2. The number of non-ortho nitro benzene ring substituents is 1. The molecule has 132 valence electrons. The van der Waals surface area contributed by atoms with Gasteiger partial charge in [0.15, 0.2) is 18.2 Å². The number of benzene rings is 2. The summed E-state index contributed by atoms with van der Waals surface area (Å²) in [4.78, 5) is 25.9. The van der Waals surface area contributed by atoms with Crippen LogP contribution in [0.2, 0.25) is 0 Å². The molecule has 0 saturated heterocycles. The molecule has 10 heteroatoms. The summed E-state index contributed by atoms with van der Waals surface area (Å²) in [5.41, 5.74) is 0.217. The van der Waals surface area contributed by atoms with Crippen LogP contribution in [0.25, 0.3) is 11.4 Å². The zero-order valence-corrected chi connectivity index (χ0v) is 12.9. The topological polar surface area (TPSA) is 108 Å². The van der Waals surface area contributed by atoms with Gasteiger partial charge < -0.3 is 9.26 Å². The summed E-state index contributed by atoms with van der Waals surface area (Å²) in [6, 6.07) is 8.07. The number of hydrogen-bond donors (Lipinski definition) is 0. The first kappa shape index (κ1) is 17.1. The normalized spacial score (nSPS) is 10.5. The first-order valence-corrected chi connectivity index (χ1v) is 7.13. The monoisotopic (exact) mass is 361 g/mol. The van der Waals surface area contributed by atoms with Crippen LogP contribution in [0.4, 0.5) is 14.5 Å². The van der Waals surface area contributed by atoms with Gasteiger partial charge in [0.25, 0.3) is 11.6 Å². The smallest absolute Gasteiger partial charge is 0.338 e. The van der Waals surface area contributed by atoms with Crippen LogP contribution in [0, 0.1) is 21.7 Å². The van der Waals surface area contributed by atoms with Crippen LogP contribution in [0.5, 0.6) is 0 Å². The van der Waals surface area contributed by atoms with Crippen molar-refractivity contribution in [2.24, 2.45) is 0 Å². The van der Waals surface area contributed by atoms with Crippen LogP contribution in [-0.2, 0) is 11.3 Å². The Hall–Kier alpha value is -3.69. The van der Waals surface area contributed by atoms with E-state index in [1.807, 2.05) is 0 Å². The van der Waals surface area contributed by atoms with Crippen molar-refractivity contribution in [2.45, 2.75) is 6.61 Å². The second kappa shape index (κ2) is 7.05. The van der Waals surface area contributed by atoms with Gasteiger partial charge in [0.1, 0.15) is 0 Å². The number of hydrogen-bond acceptors (Lipinski definition) is 7. The number of carbonyl (C=O) groups is 1. The standard InChI is InChI=1S/C16H9F2N3O5/c17-12-6-3-10(7-13(12)18)16(22)25-8-14-19-15(20-26-14)9-1-4-11(5-2-9)21(23)24/h1-7H,8H2. The summed E-state index contributed by atoms with van der Waals surface area (Å²) >= 11 is 0. The highest BCUT2D eigenvalue weighted by atomic mass is 19.2. The number of esters is 1. The van der Waals surface area contributed by atoms with Crippen LogP contribution in [-0.4, -0.2) is 21.0 Å². The number of halogens is 2. The van der Waals surface area contributed by atoms with Gasteiger partial charge in [-0.2, -0.15) is 4.98 Å². The molecule has 0 saturated carbocycles. The Labute approximate surface area is 144 Å². The van der Waals surface area contributed by atoms with Gasteiger partial charge in [0.2, 0.25) is 5.82 Å². The summed E-state index contributed by atoms with van der Waals surface area (Å²) in [5.74, 6) is -3.02. The molecule has 0 unspecified atom stereocenters. The number of ether oxygens (including phenoxy) is 1. The molecule has 0 radical (unpaired) electrons. The van der Waals surface area contributed by atoms with Crippen molar-refractivity contribution in [3.8, 4) is 11.4 Å². The van der Waals surface area contributed by atoms with Crippen molar-refractivity contribution in [1.82, 2.24) is 10.1 Å². The van der Waals surface area contributed by atoms with E-state index in [1.165, 1.54) is 24.3 Å². The number of rotatable bonds is 5. The number of aromatic nitrogens is 2. The van der Waals surface area contributed by atoms with Gasteiger partial charge in [-0.1, -0.05) is 5.16 Å². The zero-order chi connectivity index (χ0) is 18.7. The highest BCUT2D eigenvalue weighted by molar-refractivity contribution is 5.89. The second-order valence-electron chi connectivity index (χ2n) is 5.02. The summed E-state index contributed by atoms with van der Waals surface area (Å²) in [6.45, 7) is -0.377. The van der Waals surface area contributed by atoms with Crippen LogP contribution in [0.15, 0.2) is 47.0 Å². The number of nitro benzene ring substituents is 1. The summed E-state index contributed by atoms with van der Waals surface area (Å²) in [5, 5.41) is 14.3. The molecule has 0 aliphatic carbocycles. The molecule has 26 heavy (non-hydrogen) atoms. The SMILES string of the molecule is O=C(OCc1nc(-c2ccc([N+](=O)[O-])cc2)no1)c1ccc(F)c(F)c1. The van der Waals surface area contributed by atoms with Crippen LogP contribution in [0.3, 0.4) is 0 Å². The highest BCUT2D eigenvalue weighted by Crippen LogP contribution is 2.20. The fourth-order valence-corrected chi connectivity index (χ4v) is 2.00. The largest absolute Gasteiger partial charge is 0.452 e.